The van der Waals surface area contributed by atoms with Crippen LogP contribution >= 0.6 is 0 Å². The molecule has 0 spiro atoms. The average molecular weight is 571 g/mol. The molecule has 0 aromatic heterocycles. The van der Waals surface area contributed by atoms with Crippen LogP contribution in [-0.4, -0.2) is 20.5 Å². The van der Waals surface area contributed by atoms with E-state index in [-0.39, 0.29) is 29.8 Å². The summed E-state index contributed by atoms with van der Waals surface area (Å²) in [5.41, 5.74) is 4.03. The normalized spacial score (nSPS) is 13.7. The molecule has 4 aromatic carbocycles. The second-order valence-corrected chi connectivity index (χ2v) is 12.3. The Morgan fingerprint density at radius 2 is 1.22 bits per heavy atom. The average Bonchev–Trinajstić information content (AvgIpc) is 2.97. The van der Waals surface area contributed by atoms with E-state index in [0.717, 1.165) is 23.1 Å². The molecule has 0 saturated carbocycles. The topological polar surface area (TPSA) is 69.7 Å². The molecule has 0 fully saturated rings. The SMILES string of the molecule is Cc1ccc(S(=O)(=O)O[C@@H](C[C@@H](C)Cc2ccccc2)[C@@H](CC(=O)OCc2ccccc2)Cc2ccccc2)cc1. The van der Waals surface area contributed by atoms with Crippen LogP contribution in [0.2, 0.25) is 0 Å². The fourth-order valence-electron chi connectivity index (χ4n) is 4.99. The zero-order chi connectivity index (χ0) is 29.1. The number of hydrogen-bond donors (Lipinski definition) is 0. The Kier molecular flexibility index (Phi) is 10.9. The molecule has 4 rings (SSSR count). The maximum atomic E-state index is 13.5. The minimum absolute atomic E-state index is 0.0356. The Morgan fingerprint density at radius 3 is 1.78 bits per heavy atom. The Labute approximate surface area is 244 Å². The lowest BCUT2D eigenvalue weighted by atomic mass is 9.85. The van der Waals surface area contributed by atoms with E-state index in [1.54, 1.807) is 24.3 Å². The van der Waals surface area contributed by atoms with Crippen molar-refractivity contribution in [3.05, 3.63) is 138 Å². The highest BCUT2D eigenvalue weighted by Gasteiger charge is 2.32. The first-order valence-electron chi connectivity index (χ1n) is 14.1. The first-order valence-corrected chi connectivity index (χ1v) is 15.5. The Bertz CT molecular complexity index is 1450. The summed E-state index contributed by atoms with van der Waals surface area (Å²) in [6, 6.07) is 36.1. The van der Waals surface area contributed by atoms with Crippen molar-refractivity contribution in [3.63, 3.8) is 0 Å². The lowest BCUT2D eigenvalue weighted by Crippen LogP contribution is -2.33. The van der Waals surface area contributed by atoms with E-state index >= 15 is 0 Å². The van der Waals surface area contributed by atoms with Crippen LogP contribution in [0.25, 0.3) is 0 Å². The standard InChI is InChI=1S/C35H38O5S/c1-27-18-20-33(21-19-27)41(37,38)40-34(23-28(2)22-29-12-6-3-7-13-29)32(24-30-14-8-4-9-15-30)25-35(36)39-26-31-16-10-5-11-17-31/h3-21,28,32,34H,22-26H2,1-2H3/t28-,32+,34-/m0/s1. The largest absolute Gasteiger partial charge is 0.461 e. The van der Waals surface area contributed by atoms with Crippen molar-refractivity contribution in [2.75, 3.05) is 0 Å². The molecule has 6 heteroatoms. The summed E-state index contributed by atoms with van der Waals surface area (Å²) < 4.78 is 38.7. The van der Waals surface area contributed by atoms with Crippen LogP contribution in [0.15, 0.2) is 120 Å². The van der Waals surface area contributed by atoms with Crippen molar-refractivity contribution >= 4 is 16.1 Å². The molecule has 0 N–H and O–H groups in total. The van der Waals surface area contributed by atoms with E-state index in [2.05, 4.69) is 19.1 Å². The summed E-state index contributed by atoms with van der Waals surface area (Å²) in [7, 11) is -4.08. The van der Waals surface area contributed by atoms with Crippen molar-refractivity contribution in [1.82, 2.24) is 0 Å². The monoisotopic (exact) mass is 570 g/mol. The van der Waals surface area contributed by atoms with E-state index in [1.165, 1.54) is 5.56 Å². The van der Waals surface area contributed by atoms with Crippen LogP contribution in [0.5, 0.6) is 0 Å². The van der Waals surface area contributed by atoms with Gasteiger partial charge in [0, 0.05) is 5.92 Å². The van der Waals surface area contributed by atoms with Crippen molar-refractivity contribution in [1.29, 1.82) is 0 Å². The molecule has 0 radical (unpaired) electrons. The molecule has 0 aliphatic carbocycles. The van der Waals surface area contributed by atoms with Gasteiger partial charge in [-0.15, -0.1) is 0 Å². The fraction of sp³-hybridized carbons (Fsp3) is 0.286. The van der Waals surface area contributed by atoms with Gasteiger partial charge in [-0.1, -0.05) is 116 Å². The van der Waals surface area contributed by atoms with E-state index in [1.807, 2.05) is 85.8 Å². The zero-order valence-corrected chi connectivity index (χ0v) is 24.5. The van der Waals surface area contributed by atoms with E-state index in [9.17, 15) is 13.2 Å². The molecule has 4 aromatic rings. The number of esters is 1. The zero-order valence-electron chi connectivity index (χ0n) is 23.7. The van der Waals surface area contributed by atoms with Gasteiger partial charge in [-0.2, -0.15) is 8.42 Å². The quantitative estimate of drug-likeness (QED) is 0.117. The molecular weight excluding hydrogens is 532 g/mol. The van der Waals surface area contributed by atoms with Gasteiger partial charge in [-0.25, -0.2) is 0 Å². The molecule has 3 atom stereocenters. The molecule has 0 bridgehead atoms. The van der Waals surface area contributed by atoms with Gasteiger partial charge in [0.1, 0.15) is 6.61 Å². The van der Waals surface area contributed by atoms with Crippen LogP contribution in [-0.2, 0) is 43.3 Å². The van der Waals surface area contributed by atoms with Crippen molar-refractivity contribution < 1.29 is 22.1 Å². The molecule has 0 saturated heterocycles. The summed E-state index contributed by atoms with van der Waals surface area (Å²) >= 11 is 0. The van der Waals surface area contributed by atoms with Gasteiger partial charge in [-0.05, 0) is 60.9 Å². The molecular formula is C35H38O5S. The maximum absolute atomic E-state index is 13.5. The third-order valence-electron chi connectivity index (χ3n) is 7.16. The lowest BCUT2D eigenvalue weighted by molar-refractivity contribution is -0.147. The third-order valence-corrected chi connectivity index (χ3v) is 8.51. The van der Waals surface area contributed by atoms with E-state index in [4.69, 9.17) is 8.92 Å². The van der Waals surface area contributed by atoms with Gasteiger partial charge in [0.15, 0.2) is 0 Å². The second kappa shape index (κ2) is 14.8. The third kappa shape index (κ3) is 9.69. The van der Waals surface area contributed by atoms with Crippen LogP contribution in [0.4, 0.5) is 0 Å². The molecule has 0 amide bonds. The number of hydrogen-bond acceptors (Lipinski definition) is 5. The minimum atomic E-state index is -4.08. The van der Waals surface area contributed by atoms with E-state index < -0.39 is 22.1 Å². The molecule has 0 aliphatic rings. The highest BCUT2D eigenvalue weighted by molar-refractivity contribution is 7.86. The Hall–Kier alpha value is -3.74. The van der Waals surface area contributed by atoms with Crippen molar-refractivity contribution in [3.8, 4) is 0 Å². The lowest BCUT2D eigenvalue weighted by Gasteiger charge is -2.29. The first kappa shape index (κ1) is 30.2. The molecule has 0 unspecified atom stereocenters. The summed E-state index contributed by atoms with van der Waals surface area (Å²) in [4.78, 5) is 13.2. The predicted molar refractivity (Wildman–Crippen MR) is 162 cm³/mol. The van der Waals surface area contributed by atoms with Gasteiger partial charge in [0.25, 0.3) is 10.1 Å². The fourth-order valence-corrected chi connectivity index (χ4v) is 6.13. The van der Waals surface area contributed by atoms with Gasteiger partial charge >= 0.3 is 5.97 Å². The molecule has 0 heterocycles. The highest BCUT2D eigenvalue weighted by atomic mass is 32.2. The number of carbonyl (C=O) groups excluding carboxylic acids is 1. The maximum Gasteiger partial charge on any atom is 0.306 e. The Balaban J connectivity index is 1.60. The summed E-state index contributed by atoms with van der Waals surface area (Å²) in [5.74, 6) is -0.694. The first-order chi connectivity index (χ1) is 19.8. The van der Waals surface area contributed by atoms with Crippen molar-refractivity contribution in [2.45, 2.75) is 57.1 Å². The molecule has 0 aliphatic heterocycles. The number of aryl methyl sites for hydroxylation is 1. The smallest absolute Gasteiger partial charge is 0.306 e. The number of ether oxygens (including phenoxy) is 1. The number of rotatable bonds is 14. The van der Waals surface area contributed by atoms with Crippen molar-refractivity contribution in [2.24, 2.45) is 11.8 Å². The molecule has 214 valence electrons. The summed E-state index contributed by atoms with van der Waals surface area (Å²) in [5, 5.41) is 0. The van der Waals surface area contributed by atoms with Crippen LogP contribution in [0, 0.1) is 18.8 Å². The minimum Gasteiger partial charge on any atom is -0.461 e. The van der Waals surface area contributed by atoms with Crippen LogP contribution in [0.3, 0.4) is 0 Å². The Morgan fingerprint density at radius 1 is 0.707 bits per heavy atom. The van der Waals surface area contributed by atoms with E-state index in [0.29, 0.717) is 12.8 Å². The molecule has 5 nitrogen and oxygen atoms in total. The number of carbonyl (C=O) groups is 1. The van der Waals surface area contributed by atoms with Crippen LogP contribution < -0.4 is 0 Å². The predicted octanol–water partition coefficient (Wildman–Crippen LogP) is 7.33. The van der Waals surface area contributed by atoms with Gasteiger partial charge in [-0.3, -0.25) is 8.98 Å². The van der Waals surface area contributed by atoms with Crippen LogP contribution in [0.1, 0.15) is 42.0 Å². The number of benzene rings is 4. The molecule has 41 heavy (non-hydrogen) atoms. The summed E-state index contributed by atoms with van der Waals surface area (Å²) in [6.07, 6.45) is 1.01. The van der Waals surface area contributed by atoms with Gasteiger partial charge in [0.05, 0.1) is 17.4 Å². The van der Waals surface area contributed by atoms with Gasteiger partial charge in [0.2, 0.25) is 0 Å². The summed E-state index contributed by atoms with van der Waals surface area (Å²) in [6.45, 7) is 4.16. The highest BCUT2D eigenvalue weighted by Crippen LogP contribution is 2.29. The second-order valence-electron chi connectivity index (χ2n) is 10.7. The van der Waals surface area contributed by atoms with Gasteiger partial charge < -0.3 is 4.74 Å².